The van der Waals surface area contributed by atoms with Crippen molar-refractivity contribution in [3.05, 3.63) is 69.2 Å². The summed E-state index contributed by atoms with van der Waals surface area (Å²) >= 11 is 3.45. The molecule has 1 N–H and O–H groups in total. The topological polar surface area (TPSA) is 12.0 Å². The van der Waals surface area contributed by atoms with Crippen molar-refractivity contribution in [2.75, 3.05) is 0 Å². The molecular weight excluding hydrogens is 286 g/mol. The van der Waals surface area contributed by atoms with Gasteiger partial charge in [-0.25, -0.2) is 0 Å². The van der Waals surface area contributed by atoms with E-state index in [0.717, 1.165) is 17.6 Å². The Morgan fingerprint density at radius 1 is 0.944 bits per heavy atom. The van der Waals surface area contributed by atoms with Crippen LogP contribution in [0.2, 0.25) is 0 Å². The number of rotatable bonds is 4. The maximum atomic E-state index is 3.49. The molecule has 0 aliphatic rings. The highest BCUT2D eigenvalue weighted by Crippen LogP contribution is 2.13. The molecule has 2 rings (SSSR count). The summed E-state index contributed by atoms with van der Waals surface area (Å²) in [6.45, 7) is 6.17. The van der Waals surface area contributed by atoms with Crippen molar-refractivity contribution in [1.29, 1.82) is 0 Å². The Balaban J connectivity index is 1.92. The molecule has 0 aromatic heterocycles. The number of benzene rings is 2. The summed E-state index contributed by atoms with van der Waals surface area (Å²) in [6, 6.07) is 14.9. The van der Waals surface area contributed by atoms with Crippen LogP contribution in [0.15, 0.2) is 46.9 Å². The third-order valence-corrected chi connectivity index (χ3v) is 3.80. The third-order valence-electron chi connectivity index (χ3n) is 3.27. The van der Waals surface area contributed by atoms with Crippen LogP contribution in [-0.4, -0.2) is 0 Å². The minimum Gasteiger partial charge on any atom is -0.309 e. The molecule has 2 aromatic rings. The Morgan fingerprint density at radius 2 is 1.67 bits per heavy atom. The summed E-state index contributed by atoms with van der Waals surface area (Å²) in [5.41, 5.74) is 5.44. The molecule has 0 unspecified atom stereocenters. The van der Waals surface area contributed by atoms with E-state index in [1.54, 1.807) is 0 Å². The maximum Gasteiger partial charge on any atom is 0.0211 e. The fourth-order valence-electron chi connectivity index (χ4n) is 1.95. The van der Waals surface area contributed by atoms with Crippen LogP contribution in [-0.2, 0) is 13.1 Å². The van der Waals surface area contributed by atoms with Crippen LogP contribution in [0.3, 0.4) is 0 Å². The highest BCUT2D eigenvalue weighted by Gasteiger charge is 2.00. The predicted molar refractivity (Wildman–Crippen MR) is 80.6 cm³/mol. The second-order valence-electron chi connectivity index (χ2n) is 4.59. The molecule has 0 saturated carbocycles. The highest BCUT2D eigenvalue weighted by molar-refractivity contribution is 9.10. The lowest BCUT2D eigenvalue weighted by atomic mass is 10.0. The second kappa shape index (κ2) is 6.17. The fraction of sp³-hybridized carbons (Fsp3) is 0.250. The maximum absolute atomic E-state index is 3.49. The summed E-state index contributed by atoms with van der Waals surface area (Å²) in [6.07, 6.45) is 0. The van der Waals surface area contributed by atoms with Crippen molar-refractivity contribution in [3.63, 3.8) is 0 Å². The van der Waals surface area contributed by atoms with E-state index in [-0.39, 0.29) is 0 Å². The Labute approximate surface area is 117 Å². The largest absolute Gasteiger partial charge is 0.309 e. The van der Waals surface area contributed by atoms with Crippen LogP contribution < -0.4 is 5.32 Å². The van der Waals surface area contributed by atoms with Gasteiger partial charge in [-0.3, -0.25) is 0 Å². The zero-order chi connectivity index (χ0) is 13.0. The van der Waals surface area contributed by atoms with Gasteiger partial charge < -0.3 is 5.32 Å². The highest BCUT2D eigenvalue weighted by atomic mass is 79.9. The minimum absolute atomic E-state index is 0.903. The molecule has 0 bridgehead atoms. The Kier molecular flexibility index (Phi) is 4.56. The number of halogens is 1. The zero-order valence-electron chi connectivity index (χ0n) is 10.8. The first kappa shape index (κ1) is 13.3. The SMILES string of the molecule is Cc1cccc(CNCc2ccc(Br)cc2)c1C. The molecule has 0 saturated heterocycles. The van der Waals surface area contributed by atoms with Crippen LogP contribution in [0.5, 0.6) is 0 Å². The van der Waals surface area contributed by atoms with Gasteiger partial charge in [-0.15, -0.1) is 0 Å². The molecule has 0 heterocycles. The molecule has 18 heavy (non-hydrogen) atoms. The lowest BCUT2D eigenvalue weighted by Crippen LogP contribution is -2.13. The van der Waals surface area contributed by atoms with Crippen LogP contribution in [0.25, 0.3) is 0 Å². The quantitative estimate of drug-likeness (QED) is 0.885. The van der Waals surface area contributed by atoms with E-state index in [9.17, 15) is 0 Å². The summed E-state index contributed by atoms with van der Waals surface area (Å²) < 4.78 is 1.13. The Morgan fingerprint density at radius 3 is 2.39 bits per heavy atom. The van der Waals surface area contributed by atoms with Gasteiger partial charge in [0.2, 0.25) is 0 Å². The van der Waals surface area contributed by atoms with E-state index in [4.69, 9.17) is 0 Å². The first-order valence-corrected chi connectivity index (χ1v) is 6.96. The molecule has 1 nitrogen and oxygen atoms in total. The smallest absolute Gasteiger partial charge is 0.0211 e. The number of hydrogen-bond donors (Lipinski definition) is 1. The first-order chi connectivity index (χ1) is 8.66. The van der Waals surface area contributed by atoms with Gasteiger partial charge >= 0.3 is 0 Å². The minimum atomic E-state index is 0.903. The van der Waals surface area contributed by atoms with Crippen LogP contribution in [0.1, 0.15) is 22.3 Å². The predicted octanol–water partition coefficient (Wildman–Crippen LogP) is 4.36. The van der Waals surface area contributed by atoms with Crippen LogP contribution in [0, 0.1) is 13.8 Å². The lowest BCUT2D eigenvalue weighted by Gasteiger charge is -2.10. The van der Waals surface area contributed by atoms with Gasteiger partial charge in [0, 0.05) is 17.6 Å². The normalized spacial score (nSPS) is 10.6. The number of nitrogens with one attached hydrogen (secondary N) is 1. The Hall–Kier alpha value is -1.12. The Bertz CT molecular complexity index is 517. The zero-order valence-corrected chi connectivity index (χ0v) is 12.4. The molecule has 0 radical (unpaired) electrons. The van der Waals surface area contributed by atoms with E-state index in [1.165, 1.54) is 22.3 Å². The average Bonchev–Trinajstić information content (AvgIpc) is 2.37. The molecule has 0 atom stereocenters. The fourth-order valence-corrected chi connectivity index (χ4v) is 2.21. The van der Waals surface area contributed by atoms with Gasteiger partial charge in [0.15, 0.2) is 0 Å². The molecule has 0 fully saturated rings. The van der Waals surface area contributed by atoms with Crippen molar-refractivity contribution in [2.45, 2.75) is 26.9 Å². The summed E-state index contributed by atoms with van der Waals surface area (Å²) in [4.78, 5) is 0. The molecule has 0 aliphatic carbocycles. The van der Waals surface area contributed by atoms with E-state index >= 15 is 0 Å². The van der Waals surface area contributed by atoms with Gasteiger partial charge in [0.05, 0.1) is 0 Å². The van der Waals surface area contributed by atoms with Gasteiger partial charge in [-0.1, -0.05) is 46.3 Å². The monoisotopic (exact) mass is 303 g/mol. The van der Waals surface area contributed by atoms with Gasteiger partial charge in [-0.2, -0.15) is 0 Å². The molecule has 2 heteroatoms. The summed E-state index contributed by atoms with van der Waals surface area (Å²) in [5.74, 6) is 0. The summed E-state index contributed by atoms with van der Waals surface area (Å²) in [5, 5.41) is 3.49. The molecular formula is C16H18BrN. The van der Waals surface area contributed by atoms with Crippen molar-refractivity contribution >= 4 is 15.9 Å². The third kappa shape index (κ3) is 3.44. The first-order valence-electron chi connectivity index (χ1n) is 6.17. The van der Waals surface area contributed by atoms with E-state index in [2.05, 4.69) is 77.6 Å². The van der Waals surface area contributed by atoms with Gasteiger partial charge in [0.25, 0.3) is 0 Å². The molecule has 2 aromatic carbocycles. The van der Waals surface area contributed by atoms with Gasteiger partial charge in [-0.05, 0) is 48.2 Å². The van der Waals surface area contributed by atoms with E-state index in [0.29, 0.717) is 0 Å². The summed E-state index contributed by atoms with van der Waals surface area (Å²) in [7, 11) is 0. The van der Waals surface area contributed by atoms with E-state index in [1.807, 2.05) is 0 Å². The average molecular weight is 304 g/mol. The number of aryl methyl sites for hydroxylation is 1. The molecule has 0 spiro atoms. The van der Waals surface area contributed by atoms with Crippen molar-refractivity contribution in [2.24, 2.45) is 0 Å². The van der Waals surface area contributed by atoms with Crippen molar-refractivity contribution in [3.8, 4) is 0 Å². The standard InChI is InChI=1S/C16H18BrN/c1-12-4-3-5-15(13(12)2)11-18-10-14-6-8-16(17)9-7-14/h3-9,18H,10-11H2,1-2H3. The van der Waals surface area contributed by atoms with Crippen LogP contribution >= 0.6 is 15.9 Å². The van der Waals surface area contributed by atoms with Crippen molar-refractivity contribution < 1.29 is 0 Å². The van der Waals surface area contributed by atoms with Crippen LogP contribution in [0.4, 0.5) is 0 Å². The van der Waals surface area contributed by atoms with E-state index < -0.39 is 0 Å². The second-order valence-corrected chi connectivity index (χ2v) is 5.50. The molecule has 0 aliphatic heterocycles. The molecule has 94 valence electrons. The lowest BCUT2D eigenvalue weighted by molar-refractivity contribution is 0.690. The van der Waals surface area contributed by atoms with Gasteiger partial charge in [0.1, 0.15) is 0 Å². The molecule has 0 amide bonds. The van der Waals surface area contributed by atoms with Crippen molar-refractivity contribution in [1.82, 2.24) is 5.32 Å². The number of hydrogen-bond acceptors (Lipinski definition) is 1.